The minimum atomic E-state index is 0.732. The van der Waals surface area contributed by atoms with Gasteiger partial charge in [-0.2, -0.15) is 0 Å². The lowest BCUT2D eigenvalue weighted by molar-refractivity contribution is 0.917. The van der Waals surface area contributed by atoms with Gasteiger partial charge in [0.15, 0.2) is 0 Å². The first kappa shape index (κ1) is 13.2. The normalized spacial score (nSPS) is 13.8. The molecule has 3 aromatic heterocycles. The Kier molecular flexibility index (Phi) is 3.15. The Bertz CT molecular complexity index is 799. The van der Waals surface area contributed by atoms with Gasteiger partial charge in [-0.05, 0) is 38.7 Å². The van der Waals surface area contributed by atoms with E-state index in [0.717, 1.165) is 34.3 Å². The lowest BCUT2D eigenvalue weighted by Crippen LogP contribution is -2.02. The largest absolute Gasteiger partial charge is 0.363 e. The van der Waals surface area contributed by atoms with Crippen LogP contribution in [0.2, 0.25) is 0 Å². The van der Waals surface area contributed by atoms with Crippen molar-refractivity contribution in [3.05, 3.63) is 32.3 Å². The molecule has 0 aromatic carbocycles. The highest BCUT2D eigenvalue weighted by atomic mass is 32.1. The molecule has 6 heteroatoms. The maximum atomic E-state index is 4.58. The quantitative estimate of drug-likeness (QED) is 0.797. The number of nitrogens with zero attached hydrogens (tertiary/aromatic N) is 3. The molecule has 0 aliphatic heterocycles. The highest BCUT2D eigenvalue weighted by Gasteiger charge is 2.21. The molecule has 0 fully saturated rings. The predicted octanol–water partition coefficient (Wildman–Crippen LogP) is 3.87. The maximum absolute atomic E-state index is 4.58. The number of aromatic nitrogens is 3. The monoisotopic (exact) mass is 316 g/mol. The van der Waals surface area contributed by atoms with Crippen LogP contribution in [0.15, 0.2) is 6.33 Å². The number of hydrogen-bond donors (Lipinski definition) is 1. The second kappa shape index (κ2) is 5.03. The molecule has 108 valence electrons. The molecule has 4 rings (SSSR count). The lowest BCUT2D eigenvalue weighted by Gasteiger charge is -2.05. The van der Waals surface area contributed by atoms with Gasteiger partial charge in [0.25, 0.3) is 0 Å². The molecule has 0 amide bonds. The van der Waals surface area contributed by atoms with E-state index in [2.05, 4.69) is 34.1 Å². The Morgan fingerprint density at radius 2 is 2.10 bits per heavy atom. The number of nitrogens with one attached hydrogen (secondary N) is 1. The molecule has 1 aliphatic carbocycles. The van der Waals surface area contributed by atoms with Gasteiger partial charge in [0.05, 0.1) is 17.6 Å². The van der Waals surface area contributed by atoms with Crippen LogP contribution in [0.1, 0.15) is 32.4 Å². The van der Waals surface area contributed by atoms with Crippen LogP contribution in [-0.4, -0.2) is 15.0 Å². The van der Waals surface area contributed by atoms with Crippen LogP contribution in [0.3, 0.4) is 0 Å². The summed E-state index contributed by atoms with van der Waals surface area (Å²) in [5, 5.41) is 5.81. The number of rotatable bonds is 3. The van der Waals surface area contributed by atoms with Crippen molar-refractivity contribution < 1.29 is 0 Å². The summed E-state index contributed by atoms with van der Waals surface area (Å²) < 4.78 is 0. The number of thiazole rings is 1. The van der Waals surface area contributed by atoms with Crippen molar-refractivity contribution in [2.45, 2.75) is 39.7 Å². The van der Waals surface area contributed by atoms with E-state index in [1.807, 2.05) is 11.3 Å². The topological polar surface area (TPSA) is 50.7 Å². The molecular weight excluding hydrogens is 300 g/mol. The summed E-state index contributed by atoms with van der Waals surface area (Å²) >= 11 is 3.58. The number of aryl methyl sites for hydroxylation is 4. The Hall–Kier alpha value is -1.53. The summed E-state index contributed by atoms with van der Waals surface area (Å²) in [7, 11) is 0. The molecule has 0 atom stereocenters. The zero-order valence-electron chi connectivity index (χ0n) is 12.1. The molecule has 0 spiro atoms. The zero-order chi connectivity index (χ0) is 14.4. The number of hydrogen-bond acceptors (Lipinski definition) is 6. The molecule has 0 bridgehead atoms. The molecule has 3 aromatic rings. The van der Waals surface area contributed by atoms with Crippen LogP contribution in [0.25, 0.3) is 10.2 Å². The predicted molar refractivity (Wildman–Crippen MR) is 88.4 cm³/mol. The van der Waals surface area contributed by atoms with E-state index in [1.165, 1.54) is 33.5 Å². The first-order valence-electron chi connectivity index (χ1n) is 7.14. The molecule has 1 N–H and O–H groups in total. The Morgan fingerprint density at radius 3 is 2.90 bits per heavy atom. The van der Waals surface area contributed by atoms with Gasteiger partial charge in [0.2, 0.25) is 0 Å². The third-order valence-electron chi connectivity index (χ3n) is 3.98. The lowest BCUT2D eigenvalue weighted by atomic mass is 10.2. The van der Waals surface area contributed by atoms with Gasteiger partial charge < -0.3 is 5.32 Å². The van der Waals surface area contributed by atoms with Crippen LogP contribution < -0.4 is 5.32 Å². The Morgan fingerprint density at radius 1 is 1.19 bits per heavy atom. The standard InChI is InChI=1S/C15H16N4S2/c1-8-9(2)20-12(19-8)6-16-14-13-10-4-3-5-11(10)21-15(13)18-7-17-14/h7H,3-6H2,1-2H3,(H,16,17,18). The molecule has 21 heavy (non-hydrogen) atoms. The second-order valence-electron chi connectivity index (χ2n) is 5.36. The van der Waals surface area contributed by atoms with Gasteiger partial charge >= 0.3 is 0 Å². The first-order valence-corrected chi connectivity index (χ1v) is 8.77. The van der Waals surface area contributed by atoms with E-state index in [0.29, 0.717) is 0 Å². The molecule has 0 radical (unpaired) electrons. The SMILES string of the molecule is Cc1nc(CNc2ncnc3sc4c(c23)CCC4)sc1C. The zero-order valence-corrected chi connectivity index (χ0v) is 13.7. The summed E-state index contributed by atoms with van der Waals surface area (Å²) in [6, 6.07) is 0. The van der Waals surface area contributed by atoms with Crippen molar-refractivity contribution in [3.63, 3.8) is 0 Å². The molecule has 1 aliphatic rings. The average molecular weight is 316 g/mol. The van der Waals surface area contributed by atoms with Gasteiger partial charge in [0, 0.05) is 9.75 Å². The van der Waals surface area contributed by atoms with Crippen molar-refractivity contribution in [2.24, 2.45) is 0 Å². The molecule has 3 heterocycles. The minimum absolute atomic E-state index is 0.732. The molecule has 0 saturated heterocycles. The minimum Gasteiger partial charge on any atom is -0.363 e. The summed E-state index contributed by atoms with van der Waals surface area (Å²) in [4.78, 5) is 17.4. The van der Waals surface area contributed by atoms with Crippen molar-refractivity contribution in [1.82, 2.24) is 15.0 Å². The van der Waals surface area contributed by atoms with Gasteiger partial charge in [0.1, 0.15) is 22.0 Å². The summed E-state index contributed by atoms with van der Waals surface area (Å²) in [5.41, 5.74) is 2.59. The summed E-state index contributed by atoms with van der Waals surface area (Å²) in [6.07, 6.45) is 5.28. The number of anilines is 1. The average Bonchev–Trinajstić information content (AvgIpc) is 3.12. The third kappa shape index (κ3) is 2.22. The fourth-order valence-electron chi connectivity index (χ4n) is 2.84. The fraction of sp³-hybridized carbons (Fsp3) is 0.400. The maximum Gasteiger partial charge on any atom is 0.138 e. The van der Waals surface area contributed by atoms with E-state index >= 15 is 0 Å². The second-order valence-corrected chi connectivity index (χ2v) is 7.73. The third-order valence-corrected chi connectivity index (χ3v) is 6.25. The van der Waals surface area contributed by atoms with Crippen molar-refractivity contribution >= 4 is 38.7 Å². The Balaban J connectivity index is 1.67. The van der Waals surface area contributed by atoms with Gasteiger partial charge in [-0.15, -0.1) is 22.7 Å². The van der Waals surface area contributed by atoms with E-state index in [4.69, 9.17) is 0 Å². The van der Waals surface area contributed by atoms with E-state index in [-0.39, 0.29) is 0 Å². The summed E-state index contributed by atoms with van der Waals surface area (Å²) in [6.45, 7) is 4.91. The smallest absolute Gasteiger partial charge is 0.138 e. The van der Waals surface area contributed by atoms with Gasteiger partial charge in [-0.25, -0.2) is 15.0 Å². The molecule has 0 unspecified atom stereocenters. The van der Waals surface area contributed by atoms with Crippen molar-refractivity contribution in [2.75, 3.05) is 5.32 Å². The molecule has 0 saturated carbocycles. The van der Waals surface area contributed by atoms with Crippen molar-refractivity contribution in [1.29, 1.82) is 0 Å². The van der Waals surface area contributed by atoms with E-state index in [9.17, 15) is 0 Å². The highest BCUT2D eigenvalue weighted by Crippen LogP contribution is 2.39. The summed E-state index contributed by atoms with van der Waals surface area (Å²) in [5.74, 6) is 0.963. The van der Waals surface area contributed by atoms with Gasteiger partial charge in [-0.3, -0.25) is 0 Å². The van der Waals surface area contributed by atoms with Crippen LogP contribution >= 0.6 is 22.7 Å². The Labute approximate surface area is 131 Å². The fourth-order valence-corrected chi connectivity index (χ4v) is 4.94. The molecule has 4 nitrogen and oxygen atoms in total. The van der Waals surface area contributed by atoms with Crippen LogP contribution in [0.4, 0.5) is 5.82 Å². The van der Waals surface area contributed by atoms with E-state index in [1.54, 1.807) is 17.7 Å². The van der Waals surface area contributed by atoms with Crippen LogP contribution in [-0.2, 0) is 19.4 Å². The van der Waals surface area contributed by atoms with E-state index < -0.39 is 0 Å². The number of fused-ring (bicyclic) bond motifs is 3. The van der Waals surface area contributed by atoms with Crippen molar-refractivity contribution in [3.8, 4) is 0 Å². The van der Waals surface area contributed by atoms with Crippen LogP contribution in [0, 0.1) is 13.8 Å². The van der Waals surface area contributed by atoms with Gasteiger partial charge in [-0.1, -0.05) is 0 Å². The first-order chi connectivity index (χ1) is 10.2. The van der Waals surface area contributed by atoms with Crippen LogP contribution in [0.5, 0.6) is 0 Å². The highest BCUT2D eigenvalue weighted by molar-refractivity contribution is 7.19. The number of thiophene rings is 1. The molecular formula is C15H16N4S2.